The topological polar surface area (TPSA) is 49.4 Å². The van der Waals surface area contributed by atoms with E-state index in [1.807, 2.05) is 19.1 Å². The Morgan fingerprint density at radius 1 is 1.36 bits per heavy atom. The molecule has 132 valence electrons. The van der Waals surface area contributed by atoms with E-state index in [1.165, 1.54) is 17.0 Å². The van der Waals surface area contributed by atoms with E-state index in [0.717, 1.165) is 10.4 Å². The number of benzene rings is 1. The highest BCUT2D eigenvalue weighted by Gasteiger charge is 2.30. The predicted octanol–water partition coefficient (Wildman–Crippen LogP) is 3.25. The van der Waals surface area contributed by atoms with E-state index < -0.39 is 0 Å². The molecule has 3 rings (SSSR count). The summed E-state index contributed by atoms with van der Waals surface area (Å²) in [5, 5.41) is 2.96. The van der Waals surface area contributed by atoms with Gasteiger partial charge in [0.2, 0.25) is 11.8 Å². The van der Waals surface area contributed by atoms with E-state index in [1.54, 1.807) is 28.4 Å². The molecule has 0 bridgehead atoms. The minimum absolute atomic E-state index is 0.0159. The molecule has 1 aromatic carbocycles. The van der Waals surface area contributed by atoms with Gasteiger partial charge in [-0.2, -0.15) is 0 Å². The molecule has 1 aromatic heterocycles. The first-order valence-corrected chi connectivity index (χ1v) is 9.18. The minimum atomic E-state index is -0.317. The lowest BCUT2D eigenvalue weighted by atomic mass is 9.96. The average Bonchev–Trinajstić information content (AvgIpc) is 3.00. The highest BCUT2D eigenvalue weighted by molar-refractivity contribution is 7.11. The summed E-state index contributed by atoms with van der Waals surface area (Å²) in [6.45, 7) is 3.27. The van der Waals surface area contributed by atoms with E-state index in [0.29, 0.717) is 32.5 Å². The van der Waals surface area contributed by atoms with Gasteiger partial charge in [-0.15, -0.1) is 11.3 Å². The molecular formula is C19H21FN2O2S. The first kappa shape index (κ1) is 17.6. The van der Waals surface area contributed by atoms with Crippen molar-refractivity contribution in [1.82, 2.24) is 10.2 Å². The number of nitrogens with one attached hydrogen (secondary N) is 1. The van der Waals surface area contributed by atoms with Gasteiger partial charge in [-0.1, -0.05) is 12.1 Å². The number of carbonyl (C=O) groups excluding carboxylic acids is 2. The average molecular weight is 360 g/mol. The Morgan fingerprint density at radius 2 is 2.20 bits per heavy atom. The fourth-order valence-corrected chi connectivity index (χ4v) is 3.87. The van der Waals surface area contributed by atoms with Crippen LogP contribution in [0.3, 0.4) is 0 Å². The Labute approximate surface area is 150 Å². The molecule has 1 aliphatic rings. The third-order valence-electron chi connectivity index (χ3n) is 4.37. The summed E-state index contributed by atoms with van der Waals surface area (Å²) in [4.78, 5) is 28.6. The molecule has 0 radical (unpaired) electrons. The van der Waals surface area contributed by atoms with E-state index in [4.69, 9.17) is 0 Å². The van der Waals surface area contributed by atoms with Crippen molar-refractivity contribution in [3.8, 4) is 0 Å². The normalized spacial score (nSPS) is 17.6. The van der Waals surface area contributed by atoms with Crippen LogP contribution in [0, 0.1) is 18.7 Å². The summed E-state index contributed by atoms with van der Waals surface area (Å²) in [5.74, 6) is -0.542. The van der Waals surface area contributed by atoms with Gasteiger partial charge in [0.25, 0.3) is 0 Å². The Bertz CT molecular complexity index is 774. The number of hydrogen-bond donors (Lipinski definition) is 1. The molecule has 1 N–H and O–H groups in total. The van der Waals surface area contributed by atoms with Gasteiger partial charge >= 0.3 is 0 Å². The van der Waals surface area contributed by atoms with Crippen molar-refractivity contribution in [2.45, 2.75) is 32.9 Å². The predicted molar refractivity (Wildman–Crippen MR) is 95.4 cm³/mol. The number of carbonyl (C=O) groups is 2. The maximum atomic E-state index is 13.3. The van der Waals surface area contributed by atoms with Crippen molar-refractivity contribution in [2.24, 2.45) is 5.92 Å². The summed E-state index contributed by atoms with van der Waals surface area (Å²) in [5.41, 5.74) is 0.739. The summed E-state index contributed by atoms with van der Waals surface area (Å²) in [6.07, 6.45) is 0.916. The van der Waals surface area contributed by atoms with Crippen LogP contribution in [0.4, 0.5) is 4.39 Å². The number of aryl methyl sites for hydroxylation is 1. The molecule has 0 saturated carbocycles. The van der Waals surface area contributed by atoms with Crippen molar-refractivity contribution in [3.05, 3.63) is 57.5 Å². The zero-order chi connectivity index (χ0) is 17.8. The van der Waals surface area contributed by atoms with E-state index in [-0.39, 0.29) is 23.5 Å². The van der Waals surface area contributed by atoms with Crippen molar-refractivity contribution >= 4 is 23.2 Å². The standard InChI is InChI=1S/C19H21FN2O2S/c1-13-5-7-17(25-13)10-21-19(24)15-6-8-18(23)22(12-15)11-14-3-2-4-16(20)9-14/h2-5,7,9,15H,6,8,10-12H2,1H3,(H,21,24)/t15-/m0/s1. The van der Waals surface area contributed by atoms with Gasteiger partial charge in [-0.3, -0.25) is 9.59 Å². The number of amides is 2. The second-order valence-corrected chi connectivity index (χ2v) is 7.74. The second kappa shape index (κ2) is 7.78. The Hall–Kier alpha value is -2.21. The number of nitrogens with zero attached hydrogens (tertiary/aromatic N) is 1. The molecule has 0 aliphatic carbocycles. The highest BCUT2D eigenvalue weighted by Crippen LogP contribution is 2.21. The van der Waals surface area contributed by atoms with Crippen LogP contribution in [-0.4, -0.2) is 23.3 Å². The third-order valence-corrected chi connectivity index (χ3v) is 5.37. The van der Waals surface area contributed by atoms with Crippen molar-refractivity contribution < 1.29 is 14.0 Å². The fraction of sp³-hybridized carbons (Fsp3) is 0.368. The van der Waals surface area contributed by atoms with Crippen molar-refractivity contribution in [1.29, 1.82) is 0 Å². The van der Waals surface area contributed by atoms with Crippen LogP contribution in [0.2, 0.25) is 0 Å². The van der Waals surface area contributed by atoms with Gasteiger partial charge in [-0.05, 0) is 43.2 Å². The largest absolute Gasteiger partial charge is 0.351 e. The molecule has 1 saturated heterocycles. The van der Waals surface area contributed by atoms with Gasteiger partial charge in [0.05, 0.1) is 12.5 Å². The molecule has 25 heavy (non-hydrogen) atoms. The molecule has 4 nitrogen and oxygen atoms in total. The molecule has 2 aromatic rings. The quantitative estimate of drug-likeness (QED) is 0.890. The van der Waals surface area contributed by atoms with Crippen LogP contribution < -0.4 is 5.32 Å². The number of piperidine rings is 1. The molecule has 1 fully saturated rings. The second-order valence-electron chi connectivity index (χ2n) is 6.37. The number of hydrogen-bond acceptors (Lipinski definition) is 3. The van der Waals surface area contributed by atoms with Gasteiger partial charge < -0.3 is 10.2 Å². The smallest absolute Gasteiger partial charge is 0.225 e. The monoisotopic (exact) mass is 360 g/mol. The zero-order valence-corrected chi connectivity index (χ0v) is 14.9. The van der Waals surface area contributed by atoms with Gasteiger partial charge in [0, 0.05) is 29.3 Å². The first-order valence-electron chi connectivity index (χ1n) is 8.36. The van der Waals surface area contributed by atoms with Crippen LogP contribution >= 0.6 is 11.3 Å². The van der Waals surface area contributed by atoms with Crippen LogP contribution in [0.5, 0.6) is 0 Å². The Balaban J connectivity index is 1.57. The Kier molecular flexibility index (Phi) is 5.48. The van der Waals surface area contributed by atoms with Gasteiger partial charge in [-0.25, -0.2) is 4.39 Å². The number of halogens is 1. The number of rotatable bonds is 5. The summed E-state index contributed by atoms with van der Waals surface area (Å²) in [7, 11) is 0. The maximum absolute atomic E-state index is 13.3. The molecule has 1 aliphatic heterocycles. The van der Waals surface area contributed by atoms with Crippen LogP contribution in [0.25, 0.3) is 0 Å². The molecule has 0 spiro atoms. The minimum Gasteiger partial charge on any atom is -0.351 e. The van der Waals surface area contributed by atoms with Crippen LogP contribution in [-0.2, 0) is 22.7 Å². The lowest BCUT2D eigenvalue weighted by Gasteiger charge is -2.32. The lowest BCUT2D eigenvalue weighted by Crippen LogP contribution is -2.45. The van der Waals surface area contributed by atoms with Crippen LogP contribution in [0.15, 0.2) is 36.4 Å². The lowest BCUT2D eigenvalue weighted by molar-refractivity contribution is -0.138. The van der Waals surface area contributed by atoms with E-state index in [9.17, 15) is 14.0 Å². The zero-order valence-electron chi connectivity index (χ0n) is 14.1. The highest BCUT2D eigenvalue weighted by atomic mass is 32.1. The maximum Gasteiger partial charge on any atom is 0.225 e. The van der Waals surface area contributed by atoms with E-state index >= 15 is 0 Å². The van der Waals surface area contributed by atoms with Crippen LogP contribution in [0.1, 0.15) is 28.2 Å². The molecule has 6 heteroatoms. The van der Waals surface area contributed by atoms with Crippen molar-refractivity contribution in [2.75, 3.05) is 6.54 Å². The van der Waals surface area contributed by atoms with Crippen molar-refractivity contribution in [3.63, 3.8) is 0 Å². The number of likely N-dealkylation sites (tertiary alicyclic amines) is 1. The SMILES string of the molecule is Cc1ccc(CNC(=O)[C@H]2CCC(=O)N(Cc3cccc(F)c3)C2)s1. The molecule has 1 atom stereocenters. The fourth-order valence-electron chi connectivity index (χ4n) is 3.04. The molecule has 0 unspecified atom stereocenters. The molecule has 2 heterocycles. The Morgan fingerprint density at radius 3 is 2.92 bits per heavy atom. The first-order chi connectivity index (χ1) is 12.0. The number of thiophene rings is 1. The van der Waals surface area contributed by atoms with Gasteiger partial charge in [0.1, 0.15) is 5.82 Å². The van der Waals surface area contributed by atoms with E-state index in [2.05, 4.69) is 5.32 Å². The summed E-state index contributed by atoms with van der Waals surface area (Å²) < 4.78 is 13.3. The van der Waals surface area contributed by atoms with Gasteiger partial charge in [0.15, 0.2) is 0 Å². The summed E-state index contributed by atoms with van der Waals surface area (Å²) in [6, 6.07) is 10.3. The third kappa shape index (κ3) is 4.66. The summed E-state index contributed by atoms with van der Waals surface area (Å²) >= 11 is 1.67. The molecule has 2 amide bonds. The molecular weight excluding hydrogens is 339 g/mol.